The summed E-state index contributed by atoms with van der Waals surface area (Å²) >= 11 is 0. The van der Waals surface area contributed by atoms with Crippen LogP contribution < -0.4 is 4.74 Å². The molecule has 0 unspecified atom stereocenters. The molecule has 100 valence electrons. The van der Waals surface area contributed by atoms with Gasteiger partial charge in [-0.1, -0.05) is 24.3 Å². The molecule has 0 spiro atoms. The molecule has 0 aromatic heterocycles. The molecule has 0 saturated heterocycles. The number of fused-ring (bicyclic) bond motifs is 2. The Kier molecular flexibility index (Phi) is 3.11. The second-order valence-corrected chi connectivity index (χ2v) is 4.75. The lowest BCUT2D eigenvalue weighted by atomic mass is 9.93. The van der Waals surface area contributed by atoms with Crippen molar-refractivity contribution in [1.29, 1.82) is 0 Å². The van der Waals surface area contributed by atoms with Gasteiger partial charge in [0.2, 0.25) is 0 Å². The number of hydrogen-bond acceptors (Lipinski definition) is 2. The van der Waals surface area contributed by atoms with E-state index in [0.29, 0.717) is 12.4 Å². The van der Waals surface area contributed by atoms with Crippen molar-refractivity contribution in [2.24, 2.45) is 0 Å². The quantitative estimate of drug-likeness (QED) is 0.736. The first kappa shape index (κ1) is 12.6. The zero-order valence-corrected chi connectivity index (χ0v) is 11.0. The molecule has 0 fully saturated rings. The molecule has 1 aliphatic heterocycles. The number of rotatable bonds is 1. The Morgan fingerprint density at radius 2 is 2.00 bits per heavy atom. The van der Waals surface area contributed by atoms with Crippen LogP contribution in [-0.4, -0.2) is 5.78 Å². The van der Waals surface area contributed by atoms with Gasteiger partial charge in [-0.05, 0) is 41.8 Å². The average Bonchev–Trinajstić information content (AvgIpc) is 2.57. The third-order valence-electron chi connectivity index (χ3n) is 3.27. The standard InChI is InChI=1S/C17H13FO2/c1-11(19)8-16-14-5-3-2-4-12(14)10-20-17-9-13(18)6-7-15(16)17/h2-9H,10H2,1H3/b16-8+. The first-order valence-electron chi connectivity index (χ1n) is 6.38. The van der Waals surface area contributed by atoms with E-state index in [0.717, 1.165) is 22.3 Å². The van der Waals surface area contributed by atoms with Gasteiger partial charge in [0.1, 0.15) is 18.2 Å². The van der Waals surface area contributed by atoms with Crippen molar-refractivity contribution in [2.45, 2.75) is 13.5 Å². The Bertz CT molecular complexity index is 717. The fourth-order valence-corrected chi connectivity index (χ4v) is 2.41. The minimum atomic E-state index is -0.350. The molecule has 0 saturated carbocycles. The number of ether oxygens (including phenoxy) is 1. The molecule has 0 amide bonds. The molecule has 0 atom stereocenters. The van der Waals surface area contributed by atoms with Crippen LogP contribution in [0.2, 0.25) is 0 Å². The number of ketones is 1. The first-order chi connectivity index (χ1) is 9.65. The molecule has 1 aliphatic rings. The van der Waals surface area contributed by atoms with Crippen molar-refractivity contribution >= 4 is 11.4 Å². The maximum atomic E-state index is 13.4. The van der Waals surface area contributed by atoms with Crippen molar-refractivity contribution in [3.8, 4) is 5.75 Å². The molecular weight excluding hydrogens is 255 g/mol. The molecule has 0 aliphatic carbocycles. The van der Waals surface area contributed by atoms with E-state index in [9.17, 15) is 9.18 Å². The summed E-state index contributed by atoms with van der Waals surface area (Å²) in [7, 11) is 0. The van der Waals surface area contributed by atoms with Crippen LogP contribution in [0.1, 0.15) is 23.6 Å². The van der Waals surface area contributed by atoms with E-state index in [4.69, 9.17) is 4.74 Å². The first-order valence-corrected chi connectivity index (χ1v) is 6.38. The highest BCUT2D eigenvalue weighted by Crippen LogP contribution is 2.36. The van der Waals surface area contributed by atoms with E-state index in [1.165, 1.54) is 19.1 Å². The van der Waals surface area contributed by atoms with Gasteiger partial charge in [-0.25, -0.2) is 4.39 Å². The lowest BCUT2D eigenvalue weighted by Crippen LogP contribution is -1.95. The average molecular weight is 268 g/mol. The van der Waals surface area contributed by atoms with Crippen molar-refractivity contribution < 1.29 is 13.9 Å². The summed E-state index contributed by atoms with van der Waals surface area (Å²) in [6, 6.07) is 12.1. The molecule has 0 bridgehead atoms. The van der Waals surface area contributed by atoms with Crippen LogP contribution in [0.4, 0.5) is 4.39 Å². The number of benzene rings is 2. The highest BCUT2D eigenvalue weighted by molar-refractivity contribution is 6.00. The SMILES string of the molecule is CC(=O)/C=C1\c2ccccc2COc2cc(F)ccc21. The number of hydrogen-bond donors (Lipinski definition) is 0. The van der Waals surface area contributed by atoms with Crippen molar-refractivity contribution in [3.63, 3.8) is 0 Å². The lowest BCUT2D eigenvalue weighted by Gasteiger charge is -2.09. The minimum Gasteiger partial charge on any atom is -0.488 e. The highest BCUT2D eigenvalue weighted by atomic mass is 19.1. The lowest BCUT2D eigenvalue weighted by molar-refractivity contribution is -0.112. The van der Waals surface area contributed by atoms with Gasteiger partial charge in [-0.2, -0.15) is 0 Å². The Hall–Kier alpha value is -2.42. The molecular formula is C17H13FO2. The summed E-state index contributed by atoms with van der Waals surface area (Å²) in [5.41, 5.74) is 3.46. The van der Waals surface area contributed by atoms with Crippen molar-refractivity contribution in [2.75, 3.05) is 0 Å². The van der Waals surface area contributed by atoms with Gasteiger partial charge in [0.15, 0.2) is 5.78 Å². The fourth-order valence-electron chi connectivity index (χ4n) is 2.41. The molecule has 2 aromatic carbocycles. The Morgan fingerprint density at radius 3 is 2.80 bits per heavy atom. The highest BCUT2D eigenvalue weighted by Gasteiger charge is 2.19. The van der Waals surface area contributed by atoms with E-state index < -0.39 is 0 Å². The summed E-state index contributed by atoms with van der Waals surface area (Å²) in [6.07, 6.45) is 1.57. The van der Waals surface area contributed by atoms with Gasteiger partial charge >= 0.3 is 0 Å². The van der Waals surface area contributed by atoms with E-state index >= 15 is 0 Å². The predicted octanol–water partition coefficient (Wildman–Crippen LogP) is 3.74. The third kappa shape index (κ3) is 2.23. The van der Waals surface area contributed by atoms with Gasteiger partial charge in [0.05, 0.1) is 0 Å². The third-order valence-corrected chi connectivity index (χ3v) is 3.27. The summed E-state index contributed by atoms with van der Waals surface area (Å²) in [6.45, 7) is 1.87. The van der Waals surface area contributed by atoms with E-state index in [-0.39, 0.29) is 11.6 Å². The molecule has 3 rings (SSSR count). The topological polar surface area (TPSA) is 26.3 Å². The van der Waals surface area contributed by atoms with Crippen molar-refractivity contribution in [1.82, 2.24) is 0 Å². The van der Waals surface area contributed by atoms with Crippen molar-refractivity contribution in [3.05, 3.63) is 71.0 Å². The second-order valence-electron chi connectivity index (χ2n) is 4.75. The molecule has 3 heteroatoms. The molecule has 20 heavy (non-hydrogen) atoms. The largest absolute Gasteiger partial charge is 0.488 e. The number of halogens is 1. The maximum absolute atomic E-state index is 13.4. The van der Waals surface area contributed by atoms with Crippen LogP contribution in [0.3, 0.4) is 0 Å². The van der Waals surface area contributed by atoms with Gasteiger partial charge in [0, 0.05) is 11.6 Å². The van der Waals surface area contributed by atoms with Crippen LogP contribution >= 0.6 is 0 Å². The number of carbonyl (C=O) groups is 1. The van der Waals surface area contributed by atoms with E-state index in [1.807, 2.05) is 24.3 Å². The second kappa shape index (κ2) is 4.93. The molecule has 2 nitrogen and oxygen atoms in total. The normalized spacial score (nSPS) is 15.0. The van der Waals surface area contributed by atoms with E-state index in [2.05, 4.69) is 0 Å². The van der Waals surface area contributed by atoms with Crippen LogP contribution in [-0.2, 0) is 11.4 Å². The monoisotopic (exact) mass is 268 g/mol. The summed E-state index contributed by atoms with van der Waals surface area (Å²) in [4.78, 5) is 11.5. The molecule has 2 aromatic rings. The zero-order chi connectivity index (χ0) is 14.1. The van der Waals surface area contributed by atoms with Crippen LogP contribution in [0.25, 0.3) is 5.57 Å². The summed E-state index contributed by atoms with van der Waals surface area (Å²) in [5.74, 6) is 0.0672. The summed E-state index contributed by atoms with van der Waals surface area (Å²) < 4.78 is 19.1. The van der Waals surface area contributed by atoms with Crippen LogP contribution in [0.5, 0.6) is 5.75 Å². The Balaban J connectivity index is 2.28. The van der Waals surface area contributed by atoms with E-state index in [1.54, 1.807) is 12.1 Å². The molecule has 0 radical (unpaired) electrons. The molecule has 1 heterocycles. The van der Waals surface area contributed by atoms with Gasteiger partial charge < -0.3 is 4.74 Å². The van der Waals surface area contributed by atoms with Crippen LogP contribution in [0.15, 0.2) is 48.5 Å². The number of allylic oxidation sites excluding steroid dienone is 1. The number of carbonyl (C=O) groups excluding carboxylic acids is 1. The van der Waals surface area contributed by atoms with Gasteiger partial charge in [-0.3, -0.25) is 4.79 Å². The summed E-state index contributed by atoms with van der Waals surface area (Å²) in [5, 5.41) is 0. The Labute approximate surface area is 116 Å². The van der Waals surface area contributed by atoms with Crippen LogP contribution in [0, 0.1) is 5.82 Å². The fraction of sp³-hybridized carbons (Fsp3) is 0.118. The molecule has 0 N–H and O–H groups in total. The minimum absolute atomic E-state index is 0.0491. The smallest absolute Gasteiger partial charge is 0.153 e. The maximum Gasteiger partial charge on any atom is 0.153 e. The predicted molar refractivity (Wildman–Crippen MR) is 74.9 cm³/mol. The van der Waals surface area contributed by atoms with Gasteiger partial charge in [0.25, 0.3) is 0 Å². The Morgan fingerprint density at radius 1 is 1.20 bits per heavy atom. The zero-order valence-electron chi connectivity index (χ0n) is 11.0. The van der Waals surface area contributed by atoms with Gasteiger partial charge in [-0.15, -0.1) is 0 Å².